The normalized spacial score (nSPS) is 14.0. The first-order chi connectivity index (χ1) is 14.4. The van der Waals surface area contributed by atoms with Gasteiger partial charge in [0.05, 0.1) is 10.2 Å². The van der Waals surface area contributed by atoms with Gasteiger partial charge in [-0.25, -0.2) is 15.0 Å². The van der Waals surface area contributed by atoms with Crippen LogP contribution in [0.25, 0.3) is 10.2 Å². The molecule has 158 valence electrons. The molecular weight excluding hydrogens is 433 g/mol. The summed E-state index contributed by atoms with van der Waals surface area (Å²) < 4.78 is 41.1. The molecule has 4 rings (SSSR count). The Labute approximate surface area is 179 Å². The van der Waals surface area contributed by atoms with Crippen LogP contribution < -0.4 is 5.32 Å². The fourth-order valence-electron chi connectivity index (χ4n) is 3.37. The molecule has 0 atom stereocenters. The van der Waals surface area contributed by atoms with E-state index in [4.69, 9.17) is 0 Å². The number of nitrogens with zero attached hydrogens (tertiary/aromatic N) is 3. The molecule has 0 aliphatic heterocycles. The van der Waals surface area contributed by atoms with Crippen LogP contribution in [0.15, 0.2) is 29.4 Å². The van der Waals surface area contributed by atoms with Gasteiger partial charge in [0.1, 0.15) is 0 Å². The Morgan fingerprint density at radius 2 is 1.93 bits per heavy atom. The number of hydrogen-bond acceptors (Lipinski definition) is 6. The number of para-hydroxylation sites is 1. The van der Waals surface area contributed by atoms with Crippen molar-refractivity contribution in [2.45, 2.75) is 49.9 Å². The molecule has 0 radical (unpaired) electrons. The number of thioether (sulfide) groups is 1. The van der Waals surface area contributed by atoms with Gasteiger partial charge in [0.15, 0.2) is 16.0 Å². The van der Waals surface area contributed by atoms with Crippen molar-refractivity contribution in [2.75, 3.05) is 11.1 Å². The number of amides is 1. The predicted octanol–water partition coefficient (Wildman–Crippen LogP) is 5.49. The quantitative estimate of drug-likeness (QED) is 0.304. The Morgan fingerprint density at radius 3 is 2.73 bits per heavy atom. The van der Waals surface area contributed by atoms with Crippen molar-refractivity contribution in [3.63, 3.8) is 0 Å². The molecule has 2 aromatic heterocycles. The minimum absolute atomic E-state index is 0.134. The summed E-state index contributed by atoms with van der Waals surface area (Å²) in [5, 5.41) is 3.46. The van der Waals surface area contributed by atoms with Crippen molar-refractivity contribution in [3.05, 3.63) is 41.2 Å². The first-order valence-corrected chi connectivity index (χ1v) is 11.5. The maximum atomic E-state index is 13.4. The lowest BCUT2D eigenvalue weighted by molar-refractivity contribution is -0.142. The minimum atomic E-state index is -4.48. The summed E-state index contributed by atoms with van der Waals surface area (Å²) in [6.45, 7) is 0. The Balaban J connectivity index is 1.32. The number of alkyl halides is 3. The van der Waals surface area contributed by atoms with Crippen LogP contribution in [0, 0.1) is 0 Å². The Hall–Kier alpha value is -2.20. The number of carbonyl (C=O) groups is 1. The van der Waals surface area contributed by atoms with Crippen molar-refractivity contribution < 1.29 is 18.0 Å². The maximum Gasteiger partial charge on any atom is 0.433 e. The molecule has 1 aliphatic carbocycles. The van der Waals surface area contributed by atoms with Gasteiger partial charge in [-0.05, 0) is 44.2 Å². The van der Waals surface area contributed by atoms with Gasteiger partial charge in [0.2, 0.25) is 5.91 Å². The number of rotatable bonds is 6. The van der Waals surface area contributed by atoms with Crippen LogP contribution in [0.5, 0.6) is 0 Å². The molecule has 0 bridgehead atoms. The third-order valence-electron chi connectivity index (χ3n) is 4.75. The van der Waals surface area contributed by atoms with E-state index in [1.54, 1.807) is 0 Å². The minimum Gasteiger partial charge on any atom is -0.302 e. The lowest BCUT2D eigenvalue weighted by Crippen LogP contribution is -2.19. The number of anilines is 1. The van der Waals surface area contributed by atoms with Gasteiger partial charge in [-0.15, -0.1) is 0 Å². The molecule has 0 fully saturated rings. The van der Waals surface area contributed by atoms with Crippen LogP contribution in [-0.2, 0) is 23.8 Å². The average Bonchev–Trinajstić information content (AvgIpc) is 3.12. The SMILES string of the molecule is O=C(CCCSc1nc2c(c(C(F)(F)F)n1)CCCC2)Nc1nc2ccccc2s1. The highest BCUT2D eigenvalue weighted by Crippen LogP contribution is 2.35. The molecule has 10 heteroatoms. The topological polar surface area (TPSA) is 67.8 Å². The standard InChI is InChI=1S/C20H19F3N4OS2/c21-20(22,23)17-12-6-1-2-7-13(12)24-18(27-17)29-11-5-10-16(28)26-19-25-14-8-3-4-9-15(14)30-19/h3-4,8-9H,1-2,5-7,10-11H2,(H,25,26,28). The molecule has 3 aromatic rings. The summed E-state index contributed by atoms with van der Waals surface area (Å²) >= 11 is 2.56. The second-order valence-electron chi connectivity index (χ2n) is 6.97. The molecule has 1 amide bonds. The van der Waals surface area contributed by atoms with Crippen LogP contribution in [0.3, 0.4) is 0 Å². The molecule has 0 saturated heterocycles. The highest BCUT2D eigenvalue weighted by molar-refractivity contribution is 7.99. The summed E-state index contributed by atoms with van der Waals surface area (Å²) in [7, 11) is 0. The van der Waals surface area contributed by atoms with E-state index in [9.17, 15) is 18.0 Å². The summed E-state index contributed by atoms with van der Waals surface area (Å²) in [5.41, 5.74) is 0.787. The van der Waals surface area contributed by atoms with Crippen molar-refractivity contribution in [1.82, 2.24) is 15.0 Å². The largest absolute Gasteiger partial charge is 0.433 e. The zero-order valence-corrected chi connectivity index (χ0v) is 17.6. The number of thiazole rings is 1. The number of nitrogens with one attached hydrogen (secondary N) is 1. The number of carbonyl (C=O) groups excluding carboxylic acids is 1. The number of halogens is 3. The van der Waals surface area contributed by atoms with Crippen LogP contribution in [0.1, 0.15) is 42.6 Å². The van der Waals surface area contributed by atoms with E-state index in [1.807, 2.05) is 24.3 Å². The second-order valence-corrected chi connectivity index (χ2v) is 9.06. The predicted molar refractivity (Wildman–Crippen MR) is 112 cm³/mol. The molecule has 0 unspecified atom stereocenters. The Kier molecular flexibility index (Phi) is 6.24. The maximum absolute atomic E-state index is 13.4. The van der Waals surface area contributed by atoms with Gasteiger partial charge in [0, 0.05) is 23.4 Å². The van der Waals surface area contributed by atoms with E-state index < -0.39 is 11.9 Å². The molecule has 2 heterocycles. The Bertz CT molecular complexity index is 1030. The van der Waals surface area contributed by atoms with Crippen molar-refractivity contribution in [2.24, 2.45) is 0 Å². The molecule has 1 aliphatic rings. The van der Waals surface area contributed by atoms with Gasteiger partial charge in [0.25, 0.3) is 0 Å². The van der Waals surface area contributed by atoms with Crippen LogP contribution in [0.4, 0.5) is 18.3 Å². The van der Waals surface area contributed by atoms with Crippen LogP contribution >= 0.6 is 23.1 Å². The van der Waals surface area contributed by atoms with Crippen LogP contribution in [0.2, 0.25) is 0 Å². The fraction of sp³-hybridized carbons (Fsp3) is 0.400. The molecule has 1 aromatic carbocycles. The third-order valence-corrected chi connectivity index (χ3v) is 6.64. The number of aryl methyl sites for hydroxylation is 1. The van der Waals surface area contributed by atoms with Gasteiger partial charge in [-0.3, -0.25) is 4.79 Å². The van der Waals surface area contributed by atoms with Gasteiger partial charge >= 0.3 is 6.18 Å². The van der Waals surface area contributed by atoms with Crippen molar-refractivity contribution in [3.8, 4) is 0 Å². The number of benzene rings is 1. The summed E-state index contributed by atoms with van der Waals surface area (Å²) in [6, 6.07) is 7.62. The summed E-state index contributed by atoms with van der Waals surface area (Å²) in [6.07, 6.45) is -1.22. The Morgan fingerprint density at radius 1 is 1.13 bits per heavy atom. The monoisotopic (exact) mass is 452 g/mol. The number of fused-ring (bicyclic) bond motifs is 2. The first kappa shape index (κ1) is 21.0. The highest BCUT2D eigenvalue weighted by Gasteiger charge is 2.37. The third kappa shape index (κ3) is 4.92. The van der Waals surface area contributed by atoms with E-state index in [0.717, 1.165) is 34.8 Å². The summed E-state index contributed by atoms with van der Waals surface area (Å²) in [5.74, 6) is 0.292. The molecular formula is C20H19F3N4OS2. The van der Waals surface area contributed by atoms with E-state index in [0.29, 0.717) is 35.8 Å². The number of hydrogen-bond donors (Lipinski definition) is 1. The van der Waals surface area contributed by atoms with Gasteiger partial charge < -0.3 is 5.32 Å². The van der Waals surface area contributed by atoms with Crippen molar-refractivity contribution >= 4 is 44.4 Å². The first-order valence-electron chi connectivity index (χ1n) is 9.65. The van der Waals surface area contributed by atoms with Gasteiger partial charge in [-0.1, -0.05) is 35.2 Å². The van der Waals surface area contributed by atoms with E-state index in [2.05, 4.69) is 20.3 Å². The smallest absolute Gasteiger partial charge is 0.302 e. The average molecular weight is 453 g/mol. The van der Waals surface area contributed by atoms with Crippen LogP contribution in [-0.4, -0.2) is 26.6 Å². The number of aromatic nitrogens is 3. The molecule has 5 nitrogen and oxygen atoms in total. The zero-order valence-electron chi connectivity index (χ0n) is 16.0. The van der Waals surface area contributed by atoms with Crippen molar-refractivity contribution in [1.29, 1.82) is 0 Å². The van der Waals surface area contributed by atoms with E-state index >= 15 is 0 Å². The molecule has 1 N–H and O–H groups in total. The highest BCUT2D eigenvalue weighted by atomic mass is 32.2. The fourth-order valence-corrected chi connectivity index (χ4v) is 5.06. The van der Waals surface area contributed by atoms with E-state index in [-0.39, 0.29) is 23.0 Å². The summed E-state index contributed by atoms with van der Waals surface area (Å²) in [4.78, 5) is 24.6. The lowest BCUT2D eigenvalue weighted by atomic mass is 9.94. The zero-order chi connectivity index (χ0) is 21.1. The van der Waals surface area contributed by atoms with E-state index in [1.165, 1.54) is 11.3 Å². The molecule has 0 saturated carbocycles. The van der Waals surface area contributed by atoms with Gasteiger partial charge in [-0.2, -0.15) is 13.2 Å². The lowest BCUT2D eigenvalue weighted by Gasteiger charge is -2.20. The second kappa shape index (κ2) is 8.89. The molecule has 0 spiro atoms. The molecule has 30 heavy (non-hydrogen) atoms.